The molecule has 2 aliphatic rings. The molecule has 2 saturated heterocycles. The van der Waals surface area contributed by atoms with Crippen LogP contribution in [0.2, 0.25) is 5.02 Å². The average Bonchev–Trinajstić information content (AvgIpc) is 2.77. The molecular formula is C13H14ClF3N4O. The lowest BCUT2D eigenvalue weighted by Gasteiger charge is -2.30. The molecule has 2 aliphatic heterocycles. The third-order valence-electron chi connectivity index (χ3n) is 4.02. The van der Waals surface area contributed by atoms with E-state index in [1.807, 2.05) is 0 Å². The molecule has 3 heterocycles. The Balaban J connectivity index is 1.72. The van der Waals surface area contributed by atoms with E-state index in [4.69, 9.17) is 11.6 Å². The number of alkyl halides is 3. The van der Waals surface area contributed by atoms with Gasteiger partial charge in [0.1, 0.15) is 0 Å². The first-order valence-corrected chi connectivity index (χ1v) is 7.33. The average molecular weight is 335 g/mol. The molecule has 3 unspecified atom stereocenters. The maximum atomic E-state index is 12.7. The number of hydrogen-bond acceptors (Lipinski definition) is 4. The van der Waals surface area contributed by atoms with Gasteiger partial charge in [-0.2, -0.15) is 13.2 Å². The minimum atomic E-state index is -4.72. The molecule has 1 aromatic heterocycles. The minimum Gasteiger partial charge on any atom is -0.345 e. The number of halogens is 4. The third-order valence-corrected chi connectivity index (χ3v) is 4.29. The fourth-order valence-corrected chi connectivity index (χ4v) is 3.29. The highest BCUT2D eigenvalue weighted by Crippen LogP contribution is 2.32. The zero-order valence-corrected chi connectivity index (χ0v) is 12.3. The summed E-state index contributed by atoms with van der Waals surface area (Å²) in [5, 5.41) is 2.10. The van der Waals surface area contributed by atoms with Crippen LogP contribution in [-0.2, 0) is 6.18 Å². The molecule has 3 rings (SSSR count). The Bertz CT molecular complexity index is 583. The van der Waals surface area contributed by atoms with E-state index in [1.165, 1.54) is 0 Å². The highest BCUT2D eigenvalue weighted by molar-refractivity contribution is 6.31. The van der Waals surface area contributed by atoms with Crippen molar-refractivity contribution in [3.63, 3.8) is 0 Å². The number of aromatic nitrogens is 2. The molecular weight excluding hydrogens is 321 g/mol. The quantitative estimate of drug-likeness (QED) is 0.898. The number of fused-ring (bicyclic) bond motifs is 2. The van der Waals surface area contributed by atoms with Gasteiger partial charge in [0.25, 0.3) is 5.91 Å². The molecule has 0 aliphatic carbocycles. The van der Waals surface area contributed by atoms with Crippen LogP contribution in [0.3, 0.4) is 0 Å². The zero-order valence-electron chi connectivity index (χ0n) is 11.5. The number of hydrogen-bond donors (Lipinski definition) is 1. The van der Waals surface area contributed by atoms with Gasteiger partial charge in [-0.15, -0.1) is 0 Å². The molecule has 1 N–H and O–H groups in total. The molecule has 9 heteroatoms. The summed E-state index contributed by atoms with van der Waals surface area (Å²) in [6, 6.07) is -0.0811. The SMILES string of the molecule is O=C(NC1CC2CCN(C2)C1)c1ncc(Cl)c(C(F)(F)F)n1. The predicted molar refractivity (Wildman–Crippen MR) is 72.5 cm³/mol. The van der Waals surface area contributed by atoms with Crippen molar-refractivity contribution < 1.29 is 18.0 Å². The van der Waals surface area contributed by atoms with Gasteiger partial charge in [0.15, 0.2) is 5.69 Å². The van der Waals surface area contributed by atoms with Crippen molar-refractivity contribution in [3.05, 3.63) is 22.7 Å². The smallest absolute Gasteiger partial charge is 0.345 e. The monoisotopic (exact) mass is 334 g/mol. The second kappa shape index (κ2) is 5.66. The van der Waals surface area contributed by atoms with Gasteiger partial charge >= 0.3 is 6.18 Å². The van der Waals surface area contributed by atoms with Gasteiger partial charge in [-0.3, -0.25) is 4.79 Å². The standard InChI is InChI=1S/C13H14ClF3N4O/c14-9-4-18-11(20-10(9)13(15,16)17)12(22)19-8-3-7-1-2-21(5-7)6-8/h4,7-8H,1-3,5-6H2,(H,19,22). The lowest BCUT2D eigenvalue weighted by Crippen LogP contribution is -2.47. The van der Waals surface area contributed by atoms with Crippen LogP contribution >= 0.6 is 11.6 Å². The largest absolute Gasteiger partial charge is 0.434 e. The molecule has 0 spiro atoms. The summed E-state index contributed by atoms with van der Waals surface area (Å²) in [6.07, 6.45) is -1.98. The topological polar surface area (TPSA) is 58.1 Å². The van der Waals surface area contributed by atoms with Crippen LogP contribution in [0.1, 0.15) is 29.2 Å². The molecule has 1 amide bonds. The highest BCUT2D eigenvalue weighted by Gasteiger charge is 2.37. The summed E-state index contributed by atoms with van der Waals surface area (Å²) < 4.78 is 38.2. The lowest BCUT2D eigenvalue weighted by molar-refractivity contribution is -0.141. The first-order chi connectivity index (χ1) is 10.3. The molecule has 5 nitrogen and oxygen atoms in total. The van der Waals surface area contributed by atoms with Gasteiger partial charge in [-0.05, 0) is 25.3 Å². The van der Waals surface area contributed by atoms with Crippen LogP contribution in [-0.4, -0.2) is 46.5 Å². The Labute approximate surface area is 129 Å². The summed E-state index contributed by atoms with van der Waals surface area (Å²) in [4.78, 5) is 21.2. The molecule has 0 saturated carbocycles. The highest BCUT2D eigenvalue weighted by atomic mass is 35.5. The Morgan fingerprint density at radius 1 is 1.41 bits per heavy atom. The normalized spacial score (nSPS) is 27.7. The molecule has 3 atom stereocenters. The number of nitrogens with zero attached hydrogens (tertiary/aromatic N) is 3. The van der Waals surface area contributed by atoms with E-state index in [-0.39, 0.29) is 6.04 Å². The lowest BCUT2D eigenvalue weighted by atomic mass is 9.97. The van der Waals surface area contributed by atoms with Crippen LogP contribution < -0.4 is 5.32 Å². The molecule has 0 aromatic carbocycles. The zero-order chi connectivity index (χ0) is 15.9. The van der Waals surface area contributed by atoms with E-state index in [0.717, 1.165) is 32.1 Å². The van der Waals surface area contributed by atoms with Gasteiger partial charge in [-0.25, -0.2) is 9.97 Å². The van der Waals surface area contributed by atoms with E-state index < -0.39 is 28.6 Å². The number of amides is 1. The van der Waals surface area contributed by atoms with Crippen molar-refractivity contribution in [1.82, 2.24) is 20.2 Å². The fourth-order valence-electron chi connectivity index (χ4n) is 3.09. The second-order valence-electron chi connectivity index (χ2n) is 5.71. The summed E-state index contributed by atoms with van der Waals surface area (Å²) >= 11 is 5.44. The van der Waals surface area contributed by atoms with Gasteiger partial charge in [0, 0.05) is 19.1 Å². The summed E-state index contributed by atoms with van der Waals surface area (Å²) in [5.41, 5.74) is -1.29. The molecule has 2 bridgehead atoms. The van der Waals surface area contributed by atoms with Crippen molar-refractivity contribution >= 4 is 17.5 Å². The Hall–Kier alpha value is -1.41. The summed E-state index contributed by atoms with van der Waals surface area (Å²) in [5.74, 6) is -0.671. The number of piperidine rings is 1. The van der Waals surface area contributed by atoms with E-state index in [2.05, 4.69) is 20.2 Å². The molecule has 120 valence electrons. The van der Waals surface area contributed by atoms with Crippen molar-refractivity contribution in [2.45, 2.75) is 25.1 Å². The van der Waals surface area contributed by atoms with E-state index in [9.17, 15) is 18.0 Å². The minimum absolute atomic E-state index is 0.0811. The maximum Gasteiger partial charge on any atom is 0.434 e. The molecule has 2 fully saturated rings. The van der Waals surface area contributed by atoms with Gasteiger partial charge < -0.3 is 10.2 Å². The van der Waals surface area contributed by atoms with E-state index in [1.54, 1.807) is 0 Å². The first kappa shape index (κ1) is 15.5. The second-order valence-corrected chi connectivity index (χ2v) is 6.12. The number of rotatable bonds is 2. The fraction of sp³-hybridized carbons (Fsp3) is 0.615. The summed E-state index contributed by atoms with van der Waals surface area (Å²) in [7, 11) is 0. The summed E-state index contributed by atoms with van der Waals surface area (Å²) in [6.45, 7) is 2.75. The van der Waals surface area contributed by atoms with Crippen molar-refractivity contribution in [3.8, 4) is 0 Å². The van der Waals surface area contributed by atoms with Crippen LogP contribution in [0.25, 0.3) is 0 Å². The van der Waals surface area contributed by atoms with Crippen LogP contribution in [0.15, 0.2) is 6.20 Å². The van der Waals surface area contributed by atoms with Crippen LogP contribution in [0.4, 0.5) is 13.2 Å². The first-order valence-electron chi connectivity index (χ1n) is 6.96. The molecule has 22 heavy (non-hydrogen) atoms. The number of nitrogens with one attached hydrogen (secondary N) is 1. The Morgan fingerprint density at radius 2 is 2.18 bits per heavy atom. The number of carbonyl (C=O) groups is 1. The Morgan fingerprint density at radius 3 is 2.86 bits per heavy atom. The van der Waals surface area contributed by atoms with Gasteiger partial charge in [-0.1, -0.05) is 11.6 Å². The van der Waals surface area contributed by atoms with Crippen molar-refractivity contribution in [1.29, 1.82) is 0 Å². The Kier molecular flexibility index (Phi) is 3.98. The number of carbonyl (C=O) groups excluding carboxylic acids is 1. The molecule has 0 radical (unpaired) electrons. The van der Waals surface area contributed by atoms with Crippen LogP contribution in [0.5, 0.6) is 0 Å². The van der Waals surface area contributed by atoms with E-state index in [0.29, 0.717) is 12.5 Å². The van der Waals surface area contributed by atoms with Crippen LogP contribution in [0, 0.1) is 5.92 Å². The van der Waals surface area contributed by atoms with Crippen molar-refractivity contribution in [2.75, 3.05) is 19.6 Å². The van der Waals surface area contributed by atoms with Gasteiger partial charge in [0.05, 0.1) is 11.2 Å². The van der Waals surface area contributed by atoms with Crippen molar-refractivity contribution in [2.24, 2.45) is 5.92 Å². The van der Waals surface area contributed by atoms with Gasteiger partial charge in [0.2, 0.25) is 5.82 Å². The molecule has 1 aromatic rings. The third kappa shape index (κ3) is 3.17. The predicted octanol–water partition coefficient (Wildman–Crippen LogP) is 1.97. The van der Waals surface area contributed by atoms with E-state index >= 15 is 0 Å². The maximum absolute atomic E-state index is 12.7.